The first kappa shape index (κ1) is 13.3. The third kappa shape index (κ3) is 3.08. The van der Waals surface area contributed by atoms with E-state index in [0.717, 1.165) is 62.0 Å². The van der Waals surface area contributed by atoms with Gasteiger partial charge in [0.15, 0.2) is 0 Å². The molecule has 1 aliphatic heterocycles. The van der Waals surface area contributed by atoms with Gasteiger partial charge in [-0.05, 0) is 13.3 Å². The predicted octanol–water partition coefficient (Wildman–Crippen LogP) is 2.61. The van der Waals surface area contributed by atoms with E-state index in [4.69, 9.17) is 9.72 Å². The van der Waals surface area contributed by atoms with Crippen LogP contribution < -0.4 is 0 Å². The average molecular weight is 271 g/mol. The van der Waals surface area contributed by atoms with E-state index in [2.05, 4.69) is 28.9 Å². The van der Waals surface area contributed by atoms with Crippen LogP contribution in [0.4, 0.5) is 0 Å². The average Bonchev–Trinajstić information content (AvgIpc) is 2.68. The molecule has 1 aliphatic rings. The molecular weight excluding hydrogens is 250 g/mol. The topological polar surface area (TPSA) is 41.2 Å². The van der Waals surface area contributed by atoms with Crippen LogP contribution in [0.15, 0.2) is 30.3 Å². The van der Waals surface area contributed by atoms with Gasteiger partial charge in [-0.1, -0.05) is 30.3 Å². The first-order chi connectivity index (χ1) is 9.83. The third-order valence-electron chi connectivity index (χ3n) is 3.72. The molecule has 1 aromatic heterocycles. The number of hydrogen-bond donors (Lipinski definition) is 1. The second-order valence-electron chi connectivity index (χ2n) is 5.27. The van der Waals surface area contributed by atoms with E-state index in [9.17, 15) is 0 Å². The Balaban J connectivity index is 1.75. The molecule has 106 valence electrons. The van der Waals surface area contributed by atoms with Crippen molar-refractivity contribution in [3.63, 3.8) is 0 Å². The summed E-state index contributed by atoms with van der Waals surface area (Å²) in [5.41, 5.74) is 3.45. The monoisotopic (exact) mass is 271 g/mol. The summed E-state index contributed by atoms with van der Waals surface area (Å²) in [5, 5.41) is 0. The van der Waals surface area contributed by atoms with Crippen molar-refractivity contribution in [2.45, 2.75) is 19.9 Å². The summed E-state index contributed by atoms with van der Waals surface area (Å²) in [6.45, 7) is 6.79. The molecule has 0 unspecified atom stereocenters. The zero-order valence-electron chi connectivity index (χ0n) is 11.9. The van der Waals surface area contributed by atoms with Crippen LogP contribution in [0.25, 0.3) is 11.4 Å². The van der Waals surface area contributed by atoms with E-state index >= 15 is 0 Å². The number of hydrogen-bond acceptors (Lipinski definition) is 3. The number of rotatable bonds is 3. The lowest BCUT2D eigenvalue weighted by Gasteiger charge is -2.17. The summed E-state index contributed by atoms with van der Waals surface area (Å²) >= 11 is 0. The molecule has 2 aromatic rings. The lowest BCUT2D eigenvalue weighted by Crippen LogP contribution is -2.26. The smallest absolute Gasteiger partial charge is 0.137 e. The molecule has 0 saturated carbocycles. The van der Waals surface area contributed by atoms with Crippen LogP contribution in [0.3, 0.4) is 0 Å². The SMILES string of the molecule is Cc1[nH]c(-c2ccccc2)nc1CN1CCCOCC1. The van der Waals surface area contributed by atoms with Gasteiger partial charge < -0.3 is 9.72 Å². The molecule has 0 atom stereocenters. The molecule has 4 heteroatoms. The highest BCUT2D eigenvalue weighted by Gasteiger charge is 2.14. The molecule has 1 fully saturated rings. The van der Waals surface area contributed by atoms with E-state index in [1.54, 1.807) is 0 Å². The van der Waals surface area contributed by atoms with Crippen molar-refractivity contribution in [2.24, 2.45) is 0 Å². The summed E-state index contributed by atoms with van der Waals surface area (Å²) in [7, 11) is 0. The predicted molar refractivity (Wildman–Crippen MR) is 79.5 cm³/mol. The van der Waals surface area contributed by atoms with E-state index in [-0.39, 0.29) is 0 Å². The number of aryl methyl sites for hydroxylation is 1. The molecule has 0 bridgehead atoms. The highest BCUT2D eigenvalue weighted by atomic mass is 16.5. The molecule has 0 spiro atoms. The van der Waals surface area contributed by atoms with Crippen molar-refractivity contribution in [3.8, 4) is 11.4 Å². The minimum absolute atomic E-state index is 0.828. The van der Waals surface area contributed by atoms with Gasteiger partial charge in [0, 0.05) is 37.5 Å². The Morgan fingerprint density at radius 1 is 1.20 bits per heavy atom. The Labute approximate surface area is 119 Å². The van der Waals surface area contributed by atoms with E-state index in [1.807, 2.05) is 18.2 Å². The Morgan fingerprint density at radius 2 is 2.05 bits per heavy atom. The molecule has 0 radical (unpaired) electrons. The van der Waals surface area contributed by atoms with Crippen LogP contribution in [0.2, 0.25) is 0 Å². The van der Waals surface area contributed by atoms with Crippen molar-refractivity contribution in [2.75, 3.05) is 26.3 Å². The van der Waals surface area contributed by atoms with Gasteiger partial charge in [-0.15, -0.1) is 0 Å². The highest BCUT2D eigenvalue weighted by Crippen LogP contribution is 2.18. The standard InChI is InChI=1S/C16H21N3O/c1-13-15(12-19-8-5-10-20-11-9-19)18-16(17-13)14-6-3-2-4-7-14/h2-4,6-7H,5,8-12H2,1H3,(H,17,18). The van der Waals surface area contributed by atoms with E-state index in [1.165, 1.54) is 0 Å². The zero-order valence-corrected chi connectivity index (χ0v) is 11.9. The van der Waals surface area contributed by atoms with Gasteiger partial charge in [-0.3, -0.25) is 4.90 Å². The summed E-state index contributed by atoms with van der Waals surface area (Å²) in [6.07, 6.45) is 1.11. The summed E-state index contributed by atoms with van der Waals surface area (Å²) in [4.78, 5) is 10.6. The normalized spacial score (nSPS) is 17.1. The third-order valence-corrected chi connectivity index (χ3v) is 3.72. The largest absolute Gasteiger partial charge is 0.380 e. The van der Waals surface area contributed by atoms with E-state index in [0.29, 0.717) is 0 Å². The fourth-order valence-electron chi connectivity index (χ4n) is 2.55. The maximum Gasteiger partial charge on any atom is 0.137 e. The van der Waals surface area contributed by atoms with Gasteiger partial charge in [0.1, 0.15) is 5.82 Å². The second-order valence-corrected chi connectivity index (χ2v) is 5.27. The van der Waals surface area contributed by atoms with Crippen LogP contribution in [0, 0.1) is 6.92 Å². The molecular formula is C16H21N3O. The number of aromatic nitrogens is 2. The fraction of sp³-hybridized carbons (Fsp3) is 0.438. The maximum atomic E-state index is 5.50. The van der Waals surface area contributed by atoms with Gasteiger partial charge in [0.25, 0.3) is 0 Å². The Morgan fingerprint density at radius 3 is 2.90 bits per heavy atom. The lowest BCUT2D eigenvalue weighted by atomic mass is 10.2. The Kier molecular flexibility index (Phi) is 4.14. The number of H-pyrrole nitrogens is 1. The minimum atomic E-state index is 0.828. The molecule has 0 amide bonds. The maximum absolute atomic E-state index is 5.50. The number of benzene rings is 1. The van der Waals surface area contributed by atoms with Crippen LogP contribution in [0.1, 0.15) is 17.8 Å². The Bertz CT molecular complexity index is 542. The van der Waals surface area contributed by atoms with Crippen LogP contribution >= 0.6 is 0 Å². The highest BCUT2D eigenvalue weighted by molar-refractivity contribution is 5.55. The van der Waals surface area contributed by atoms with Gasteiger partial charge in [-0.2, -0.15) is 0 Å². The summed E-state index contributed by atoms with van der Waals surface area (Å²) in [5.74, 6) is 0.962. The quantitative estimate of drug-likeness (QED) is 0.933. The summed E-state index contributed by atoms with van der Waals surface area (Å²) in [6, 6.07) is 10.3. The first-order valence-corrected chi connectivity index (χ1v) is 7.24. The van der Waals surface area contributed by atoms with E-state index < -0.39 is 0 Å². The fourth-order valence-corrected chi connectivity index (χ4v) is 2.55. The van der Waals surface area contributed by atoms with Gasteiger partial charge >= 0.3 is 0 Å². The van der Waals surface area contributed by atoms with Gasteiger partial charge in [0.2, 0.25) is 0 Å². The van der Waals surface area contributed by atoms with Crippen LogP contribution in [0.5, 0.6) is 0 Å². The number of nitrogens with zero attached hydrogens (tertiary/aromatic N) is 2. The number of imidazole rings is 1. The van der Waals surface area contributed by atoms with Crippen molar-refractivity contribution >= 4 is 0 Å². The number of ether oxygens (including phenoxy) is 1. The first-order valence-electron chi connectivity index (χ1n) is 7.24. The van der Waals surface area contributed by atoms with Crippen molar-refractivity contribution in [1.82, 2.24) is 14.9 Å². The zero-order chi connectivity index (χ0) is 13.8. The molecule has 1 aromatic carbocycles. The van der Waals surface area contributed by atoms with Crippen LogP contribution in [-0.4, -0.2) is 41.2 Å². The molecule has 4 nitrogen and oxygen atoms in total. The molecule has 20 heavy (non-hydrogen) atoms. The van der Waals surface area contributed by atoms with Gasteiger partial charge in [-0.25, -0.2) is 4.98 Å². The molecule has 2 heterocycles. The summed E-state index contributed by atoms with van der Waals surface area (Å²) < 4.78 is 5.50. The molecule has 0 aliphatic carbocycles. The minimum Gasteiger partial charge on any atom is -0.380 e. The molecule has 3 rings (SSSR count). The molecule has 1 saturated heterocycles. The lowest BCUT2D eigenvalue weighted by molar-refractivity contribution is 0.140. The number of nitrogens with one attached hydrogen (secondary N) is 1. The Hall–Kier alpha value is -1.65. The molecule has 1 N–H and O–H groups in total. The van der Waals surface area contributed by atoms with Crippen LogP contribution in [-0.2, 0) is 11.3 Å². The van der Waals surface area contributed by atoms with Gasteiger partial charge in [0.05, 0.1) is 12.3 Å². The second kappa shape index (κ2) is 6.20. The van der Waals surface area contributed by atoms with Crippen molar-refractivity contribution in [1.29, 1.82) is 0 Å². The van der Waals surface area contributed by atoms with Crippen molar-refractivity contribution < 1.29 is 4.74 Å². The number of aromatic amines is 1. The van der Waals surface area contributed by atoms with Crippen molar-refractivity contribution in [3.05, 3.63) is 41.7 Å².